The Bertz CT molecular complexity index is 191. The molecule has 0 saturated heterocycles. The van der Waals surface area contributed by atoms with Crippen molar-refractivity contribution in [2.24, 2.45) is 11.8 Å². The molecule has 1 atom stereocenters. The maximum absolute atomic E-state index is 4.09. The zero-order valence-electron chi connectivity index (χ0n) is 15.3. The van der Waals surface area contributed by atoms with E-state index in [0.717, 1.165) is 24.8 Å². The van der Waals surface area contributed by atoms with Crippen LogP contribution in [0, 0.1) is 19.3 Å². The Labute approximate surface area is 172 Å². The van der Waals surface area contributed by atoms with Crippen molar-refractivity contribution < 1.29 is 58.2 Å². The predicted molar refractivity (Wildman–Crippen MR) is 86.4 cm³/mol. The molecule has 1 N–H and O–H groups in total. The van der Waals surface area contributed by atoms with Gasteiger partial charge in [-0.15, -0.1) is 0 Å². The Hall–Kier alpha value is 1.15. The van der Waals surface area contributed by atoms with Crippen LogP contribution in [0.2, 0.25) is 0 Å². The molecule has 0 aromatic rings. The maximum atomic E-state index is 4.09. The fraction of sp³-hybridized carbons (Fsp3) is 0.812. The molecule has 0 aliphatic heterocycles. The summed E-state index contributed by atoms with van der Waals surface area (Å²) >= 11 is 0. The van der Waals surface area contributed by atoms with Crippen LogP contribution in [0.1, 0.15) is 55.4 Å². The minimum absolute atomic E-state index is 0. The van der Waals surface area contributed by atoms with Crippen LogP contribution in [-0.4, -0.2) is 24.0 Å². The van der Waals surface area contributed by atoms with Gasteiger partial charge in [0.25, 0.3) is 0 Å². The molecule has 112 valence electrons. The maximum Gasteiger partial charge on any atom is 1.00 e. The van der Waals surface area contributed by atoms with Crippen molar-refractivity contribution in [3.05, 3.63) is 19.8 Å². The third-order valence-electron chi connectivity index (χ3n) is 2.87. The number of nitrogens with one attached hydrogen (secondary N) is 1. The molecule has 19 heavy (non-hydrogen) atoms. The second kappa shape index (κ2) is 17.2. The minimum Gasteiger partial charge on any atom is -0.370 e. The number of hydrogen-bond acceptors (Lipinski definition) is 2. The molecule has 0 aromatic carbocycles. The van der Waals surface area contributed by atoms with E-state index in [1.165, 1.54) is 0 Å². The summed E-state index contributed by atoms with van der Waals surface area (Å²) in [6.45, 7) is 23.5. The molecule has 2 nitrogen and oxygen atoms in total. The van der Waals surface area contributed by atoms with Gasteiger partial charge in [-0.05, 0) is 32.6 Å². The van der Waals surface area contributed by atoms with Crippen molar-refractivity contribution in [2.45, 2.75) is 61.4 Å². The summed E-state index contributed by atoms with van der Waals surface area (Å²) < 4.78 is 0. The van der Waals surface area contributed by atoms with Gasteiger partial charge < -0.3 is 17.6 Å². The molecule has 0 spiro atoms. The van der Waals surface area contributed by atoms with E-state index in [0.29, 0.717) is 12.0 Å². The van der Waals surface area contributed by atoms with Gasteiger partial charge >= 0.3 is 58.2 Å². The van der Waals surface area contributed by atoms with E-state index in [4.69, 9.17) is 0 Å². The molecule has 0 heterocycles. The monoisotopic (exact) mass is 342 g/mol. The van der Waals surface area contributed by atoms with Crippen molar-refractivity contribution in [1.82, 2.24) is 10.2 Å². The van der Waals surface area contributed by atoms with Crippen LogP contribution < -0.4 is 63.5 Å². The molecular formula is C16H37N2Rb. The van der Waals surface area contributed by atoms with E-state index in [1.54, 1.807) is 0 Å². The van der Waals surface area contributed by atoms with E-state index < -0.39 is 0 Å². The van der Waals surface area contributed by atoms with Crippen LogP contribution in [0.15, 0.2) is 12.4 Å². The molecule has 0 aliphatic rings. The van der Waals surface area contributed by atoms with Gasteiger partial charge in [0.05, 0.1) is 5.82 Å². The van der Waals surface area contributed by atoms with Crippen LogP contribution in [-0.2, 0) is 0 Å². The predicted octanol–water partition coefficient (Wildman–Crippen LogP) is 1.55. The Morgan fingerprint density at radius 3 is 1.79 bits per heavy atom. The van der Waals surface area contributed by atoms with E-state index in [-0.39, 0.29) is 65.6 Å². The average molecular weight is 343 g/mol. The Morgan fingerprint density at radius 1 is 1.11 bits per heavy atom. The van der Waals surface area contributed by atoms with E-state index >= 15 is 0 Å². The summed E-state index contributed by atoms with van der Waals surface area (Å²) in [6, 6.07) is 0.459. The SMILES string of the molecule is C=C(NC(C)C)N(CC)CC(C)C(C)C.CC.[CH3-].[Rb+]. The largest absolute Gasteiger partial charge is 1.00 e. The first kappa shape index (κ1) is 28.3. The van der Waals surface area contributed by atoms with E-state index in [9.17, 15) is 0 Å². The van der Waals surface area contributed by atoms with Crippen LogP contribution in [0.3, 0.4) is 0 Å². The third kappa shape index (κ3) is 15.4. The molecule has 3 heteroatoms. The van der Waals surface area contributed by atoms with Crippen molar-refractivity contribution in [3.8, 4) is 0 Å². The van der Waals surface area contributed by atoms with Gasteiger partial charge in [-0.3, -0.25) is 0 Å². The summed E-state index contributed by atoms with van der Waals surface area (Å²) in [7, 11) is 0. The number of nitrogens with zero attached hydrogens (tertiary/aromatic N) is 1. The molecule has 0 aliphatic carbocycles. The summed E-state index contributed by atoms with van der Waals surface area (Å²) in [4.78, 5) is 2.32. The van der Waals surface area contributed by atoms with Crippen LogP contribution >= 0.6 is 0 Å². The zero-order valence-corrected chi connectivity index (χ0v) is 20.2. The van der Waals surface area contributed by atoms with Gasteiger partial charge in [0.2, 0.25) is 0 Å². The zero-order chi connectivity index (χ0) is 14.0. The van der Waals surface area contributed by atoms with Gasteiger partial charge in [0, 0.05) is 19.1 Å². The molecule has 0 amide bonds. The second-order valence-corrected chi connectivity index (χ2v) is 5.01. The summed E-state index contributed by atoms with van der Waals surface area (Å²) in [5.74, 6) is 2.49. The van der Waals surface area contributed by atoms with Gasteiger partial charge in [-0.2, -0.15) is 0 Å². The van der Waals surface area contributed by atoms with Gasteiger partial charge in [0.15, 0.2) is 0 Å². The van der Waals surface area contributed by atoms with E-state index in [1.807, 2.05) is 13.8 Å². The van der Waals surface area contributed by atoms with Crippen molar-refractivity contribution >= 4 is 0 Å². The second-order valence-electron chi connectivity index (χ2n) is 5.01. The molecule has 0 rings (SSSR count). The van der Waals surface area contributed by atoms with Gasteiger partial charge in [0.1, 0.15) is 0 Å². The van der Waals surface area contributed by atoms with Gasteiger partial charge in [-0.1, -0.05) is 41.2 Å². The quantitative estimate of drug-likeness (QED) is 0.706. The number of rotatable bonds is 7. The molecular weight excluding hydrogens is 306 g/mol. The summed E-state index contributed by atoms with van der Waals surface area (Å²) in [5, 5.41) is 3.37. The van der Waals surface area contributed by atoms with Crippen molar-refractivity contribution in [2.75, 3.05) is 13.1 Å². The Kier molecular flexibility index (Phi) is 25.6. The van der Waals surface area contributed by atoms with Crippen LogP contribution in [0.4, 0.5) is 0 Å². The molecule has 1 unspecified atom stereocenters. The normalized spacial score (nSPS) is 10.6. The van der Waals surface area contributed by atoms with Gasteiger partial charge in [-0.25, -0.2) is 0 Å². The fourth-order valence-electron chi connectivity index (χ4n) is 1.41. The smallest absolute Gasteiger partial charge is 0.370 e. The molecule has 0 saturated carbocycles. The summed E-state index contributed by atoms with van der Waals surface area (Å²) in [5.41, 5.74) is 0. The molecule has 0 aromatic heterocycles. The van der Waals surface area contributed by atoms with Crippen molar-refractivity contribution in [3.63, 3.8) is 0 Å². The van der Waals surface area contributed by atoms with E-state index in [2.05, 4.69) is 58.3 Å². The Morgan fingerprint density at radius 2 is 1.53 bits per heavy atom. The first-order chi connectivity index (χ1) is 7.88. The van der Waals surface area contributed by atoms with Crippen LogP contribution in [0.25, 0.3) is 0 Å². The topological polar surface area (TPSA) is 15.3 Å². The Balaban J connectivity index is -0.000000267. The fourth-order valence-corrected chi connectivity index (χ4v) is 1.41. The van der Waals surface area contributed by atoms with Crippen LogP contribution in [0.5, 0.6) is 0 Å². The van der Waals surface area contributed by atoms with Crippen molar-refractivity contribution in [1.29, 1.82) is 0 Å². The average Bonchev–Trinajstić information content (AvgIpc) is 2.26. The molecule has 0 radical (unpaired) electrons. The third-order valence-corrected chi connectivity index (χ3v) is 2.87. The molecule has 0 fully saturated rings. The number of hydrogen-bond donors (Lipinski definition) is 1. The molecule has 0 bridgehead atoms. The summed E-state index contributed by atoms with van der Waals surface area (Å²) in [6.07, 6.45) is 0. The standard InChI is InChI=1S/C13H28N2.C2H6.CH3.Rb/c1-8-15(9-12(6)10(2)3)13(7)14-11(4)5;1-2;;/h10-12,14H,7-9H2,1-6H3;1-2H3;1H3;/q;;-1;+1. The first-order valence-electron chi connectivity index (χ1n) is 7.08. The first-order valence-corrected chi connectivity index (χ1v) is 7.08. The minimum atomic E-state index is 0.